The van der Waals surface area contributed by atoms with E-state index in [9.17, 15) is 14.4 Å². The van der Waals surface area contributed by atoms with Crippen LogP contribution in [0.15, 0.2) is 36.5 Å². The van der Waals surface area contributed by atoms with Gasteiger partial charge in [-0.1, -0.05) is 320 Å². The number of carbonyl (C=O) groups is 3. The SMILES string of the molecule is CCCCC/C=C\C/C=C\C/C=C\CCCCCCCCC(=O)OC(COC(=O)CCCCCCCCCCC)COC(=O)CCCCCCCCCCCCCCCCCCCCCCCCCCCCCC. The van der Waals surface area contributed by atoms with Crippen molar-refractivity contribution in [1.82, 2.24) is 0 Å². The predicted molar refractivity (Wildman–Crippen MR) is 321 cm³/mol. The van der Waals surface area contributed by atoms with Gasteiger partial charge in [0.2, 0.25) is 0 Å². The number of carbonyl (C=O) groups excluding carboxylic acids is 3. The Balaban J connectivity index is 4.12. The van der Waals surface area contributed by atoms with E-state index >= 15 is 0 Å². The van der Waals surface area contributed by atoms with Crippen LogP contribution in [0.4, 0.5) is 0 Å². The minimum Gasteiger partial charge on any atom is -0.462 e. The highest BCUT2D eigenvalue weighted by atomic mass is 16.6. The average molecular weight is 1040 g/mol. The van der Waals surface area contributed by atoms with E-state index in [4.69, 9.17) is 14.2 Å². The minimum atomic E-state index is -0.775. The first kappa shape index (κ1) is 71.6. The molecule has 434 valence electrons. The highest BCUT2D eigenvalue weighted by molar-refractivity contribution is 5.71. The first-order chi connectivity index (χ1) is 36.5. The Morgan fingerprint density at radius 2 is 0.486 bits per heavy atom. The lowest BCUT2D eigenvalue weighted by Crippen LogP contribution is -2.30. The van der Waals surface area contributed by atoms with Gasteiger partial charge >= 0.3 is 17.9 Å². The summed E-state index contributed by atoms with van der Waals surface area (Å²) in [5, 5.41) is 0. The molecule has 0 aliphatic rings. The number of rotatable bonds is 61. The Kier molecular flexibility index (Phi) is 61.1. The van der Waals surface area contributed by atoms with Crippen LogP contribution in [0.3, 0.4) is 0 Å². The van der Waals surface area contributed by atoms with E-state index in [1.807, 2.05) is 0 Å². The summed E-state index contributed by atoms with van der Waals surface area (Å²) >= 11 is 0. The van der Waals surface area contributed by atoms with Crippen molar-refractivity contribution < 1.29 is 28.6 Å². The van der Waals surface area contributed by atoms with Crippen molar-refractivity contribution in [3.05, 3.63) is 36.5 Å². The number of ether oxygens (including phenoxy) is 3. The van der Waals surface area contributed by atoms with Crippen LogP contribution in [-0.2, 0) is 28.6 Å². The van der Waals surface area contributed by atoms with Gasteiger partial charge in [0.1, 0.15) is 13.2 Å². The number of hydrogen-bond acceptors (Lipinski definition) is 6. The van der Waals surface area contributed by atoms with Gasteiger partial charge in [-0.15, -0.1) is 0 Å². The quantitative estimate of drug-likeness (QED) is 0.0261. The van der Waals surface area contributed by atoms with E-state index in [0.717, 1.165) is 77.0 Å². The number of unbranched alkanes of at least 4 members (excludes halogenated alkanes) is 44. The fourth-order valence-electron chi connectivity index (χ4n) is 9.92. The molecule has 0 saturated heterocycles. The molecule has 0 aromatic rings. The van der Waals surface area contributed by atoms with E-state index in [1.165, 1.54) is 244 Å². The van der Waals surface area contributed by atoms with Gasteiger partial charge in [-0.25, -0.2) is 0 Å². The van der Waals surface area contributed by atoms with Gasteiger partial charge in [0.05, 0.1) is 0 Å². The van der Waals surface area contributed by atoms with E-state index in [-0.39, 0.29) is 31.1 Å². The van der Waals surface area contributed by atoms with Crippen LogP contribution in [0.2, 0.25) is 0 Å². The molecular formula is C68H126O6. The van der Waals surface area contributed by atoms with E-state index in [2.05, 4.69) is 57.2 Å². The zero-order valence-electron chi connectivity index (χ0n) is 49.9. The molecule has 74 heavy (non-hydrogen) atoms. The molecule has 6 heteroatoms. The zero-order valence-corrected chi connectivity index (χ0v) is 49.9. The predicted octanol–water partition coefficient (Wildman–Crippen LogP) is 22.4. The van der Waals surface area contributed by atoms with Crippen molar-refractivity contribution in [3.8, 4) is 0 Å². The minimum absolute atomic E-state index is 0.0727. The molecule has 0 amide bonds. The average Bonchev–Trinajstić information content (AvgIpc) is 3.40. The largest absolute Gasteiger partial charge is 0.462 e. The van der Waals surface area contributed by atoms with Crippen LogP contribution in [0.25, 0.3) is 0 Å². The summed E-state index contributed by atoms with van der Waals surface area (Å²) in [4.78, 5) is 38.2. The third kappa shape index (κ3) is 60.5. The summed E-state index contributed by atoms with van der Waals surface area (Å²) in [5.74, 6) is -0.866. The molecule has 0 aliphatic heterocycles. The van der Waals surface area contributed by atoms with Gasteiger partial charge in [0.15, 0.2) is 6.10 Å². The fraction of sp³-hybridized carbons (Fsp3) is 0.868. The number of hydrogen-bond donors (Lipinski definition) is 0. The van der Waals surface area contributed by atoms with Crippen LogP contribution in [0, 0.1) is 0 Å². The third-order valence-corrected chi connectivity index (χ3v) is 14.9. The zero-order chi connectivity index (χ0) is 53.6. The standard InChI is InChI=1S/C68H126O6/c1-4-7-10-13-16-19-21-23-25-27-29-30-31-32-33-34-35-36-37-39-40-42-44-46-49-52-55-58-61-67(70)73-64-65(63-72-66(69)60-57-54-51-48-18-15-12-9-6-3)74-68(71)62-59-56-53-50-47-45-43-41-38-28-26-24-22-20-17-14-11-8-5-2/h17,20,24,26,38,41,65H,4-16,18-19,21-23,25,27-37,39-40,42-64H2,1-3H3/b20-17-,26-24-,41-38-. The second-order valence-corrected chi connectivity index (χ2v) is 22.4. The van der Waals surface area contributed by atoms with Crippen LogP contribution >= 0.6 is 0 Å². The van der Waals surface area contributed by atoms with Gasteiger partial charge in [-0.3, -0.25) is 14.4 Å². The topological polar surface area (TPSA) is 78.9 Å². The smallest absolute Gasteiger partial charge is 0.306 e. The first-order valence-electron chi connectivity index (χ1n) is 33.0. The Morgan fingerprint density at radius 3 is 0.784 bits per heavy atom. The van der Waals surface area contributed by atoms with Crippen LogP contribution in [0.5, 0.6) is 0 Å². The highest BCUT2D eigenvalue weighted by Gasteiger charge is 2.19. The molecule has 0 aliphatic carbocycles. The molecule has 6 nitrogen and oxygen atoms in total. The molecule has 0 rings (SSSR count). The monoisotopic (exact) mass is 1040 g/mol. The maximum atomic E-state index is 12.9. The lowest BCUT2D eigenvalue weighted by atomic mass is 10.0. The fourth-order valence-corrected chi connectivity index (χ4v) is 9.92. The maximum Gasteiger partial charge on any atom is 0.306 e. The van der Waals surface area contributed by atoms with E-state index < -0.39 is 6.10 Å². The first-order valence-corrected chi connectivity index (χ1v) is 33.0. The molecule has 0 spiro atoms. The van der Waals surface area contributed by atoms with Crippen LogP contribution in [0.1, 0.15) is 361 Å². The molecule has 1 atom stereocenters. The lowest BCUT2D eigenvalue weighted by Gasteiger charge is -2.18. The van der Waals surface area contributed by atoms with Gasteiger partial charge in [0, 0.05) is 19.3 Å². The van der Waals surface area contributed by atoms with Crippen molar-refractivity contribution >= 4 is 17.9 Å². The number of esters is 3. The van der Waals surface area contributed by atoms with Gasteiger partial charge in [-0.2, -0.15) is 0 Å². The second kappa shape index (κ2) is 63.2. The molecule has 0 saturated carbocycles. The van der Waals surface area contributed by atoms with E-state index in [0.29, 0.717) is 19.3 Å². The second-order valence-electron chi connectivity index (χ2n) is 22.4. The molecular weight excluding hydrogens is 913 g/mol. The van der Waals surface area contributed by atoms with Crippen molar-refractivity contribution in [1.29, 1.82) is 0 Å². The summed E-state index contributed by atoms with van der Waals surface area (Å²) in [7, 11) is 0. The molecule has 0 N–H and O–H groups in total. The summed E-state index contributed by atoms with van der Waals surface area (Å²) in [6, 6.07) is 0. The molecule has 0 bridgehead atoms. The number of allylic oxidation sites excluding steroid dienone is 6. The summed E-state index contributed by atoms with van der Waals surface area (Å²) in [5.41, 5.74) is 0. The van der Waals surface area contributed by atoms with Crippen molar-refractivity contribution in [2.45, 2.75) is 367 Å². The summed E-state index contributed by atoms with van der Waals surface area (Å²) < 4.78 is 16.9. The Hall–Kier alpha value is -2.37. The molecule has 0 heterocycles. The Labute approximate surface area is 461 Å². The highest BCUT2D eigenvalue weighted by Crippen LogP contribution is 2.18. The Morgan fingerprint density at radius 1 is 0.270 bits per heavy atom. The Bertz CT molecular complexity index is 1240. The van der Waals surface area contributed by atoms with Crippen molar-refractivity contribution in [2.24, 2.45) is 0 Å². The summed E-state index contributed by atoms with van der Waals surface area (Å²) in [6.45, 7) is 6.64. The lowest BCUT2D eigenvalue weighted by molar-refractivity contribution is -0.167. The van der Waals surface area contributed by atoms with E-state index in [1.54, 1.807) is 0 Å². The third-order valence-electron chi connectivity index (χ3n) is 14.9. The molecule has 1 unspecified atom stereocenters. The van der Waals surface area contributed by atoms with Gasteiger partial charge in [-0.05, 0) is 57.8 Å². The maximum absolute atomic E-state index is 12.9. The molecule has 0 aromatic carbocycles. The summed E-state index contributed by atoms with van der Waals surface area (Å²) in [6.07, 6.45) is 77.5. The van der Waals surface area contributed by atoms with Gasteiger partial charge in [0.25, 0.3) is 0 Å². The molecule has 0 aromatic heterocycles. The normalized spacial score (nSPS) is 12.2. The van der Waals surface area contributed by atoms with Crippen molar-refractivity contribution in [2.75, 3.05) is 13.2 Å². The molecule has 0 radical (unpaired) electrons. The van der Waals surface area contributed by atoms with Crippen LogP contribution in [-0.4, -0.2) is 37.2 Å². The molecule has 0 fully saturated rings. The van der Waals surface area contributed by atoms with Crippen molar-refractivity contribution in [3.63, 3.8) is 0 Å². The van der Waals surface area contributed by atoms with Crippen LogP contribution < -0.4 is 0 Å². The van der Waals surface area contributed by atoms with Gasteiger partial charge < -0.3 is 14.2 Å².